The van der Waals surface area contributed by atoms with Crippen molar-refractivity contribution in [3.8, 4) is 0 Å². The maximum atomic E-state index is 11.1. The van der Waals surface area contributed by atoms with Gasteiger partial charge in [0.2, 0.25) is 0 Å². The van der Waals surface area contributed by atoms with E-state index in [0.29, 0.717) is 13.2 Å². The number of fused-ring (bicyclic) bond motifs is 1. The minimum Gasteiger partial charge on any atom is -0.457 e. The first-order valence-electron chi connectivity index (χ1n) is 8.33. The zero-order valence-corrected chi connectivity index (χ0v) is 13.0. The van der Waals surface area contributed by atoms with Crippen LogP contribution in [0.5, 0.6) is 0 Å². The standard InChI is InChI=1S/C16H28O5/c1-2-3-4-5-6-7-8-9-19-11-13-15(18)16-12(20-13)10-14(17)21-16/h12-13,15-16,18H,2-11H2,1H3/t12-,13-,15+,16+/m0/s1. The van der Waals surface area contributed by atoms with Crippen LogP contribution in [0, 0.1) is 0 Å². The molecule has 0 aromatic carbocycles. The highest BCUT2D eigenvalue weighted by Gasteiger charge is 2.50. The number of esters is 1. The van der Waals surface area contributed by atoms with Crippen LogP contribution in [0.15, 0.2) is 0 Å². The summed E-state index contributed by atoms with van der Waals surface area (Å²) in [4.78, 5) is 11.1. The molecule has 2 heterocycles. The average Bonchev–Trinajstić information content (AvgIpc) is 2.96. The summed E-state index contributed by atoms with van der Waals surface area (Å²) in [6, 6.07) is 0. The lowest BCUT2D eigenvalue weighted by Gasteiger charge is -2.16. The number of unbranched alkanes of at least 4 members (excludes halogenated alkanes) is 6. The van der Waals surface area contributed by atoms with Gasteiger partial charge < -0.3 is 19.3 Å². The van der Waals surface area contributed by atoms with E-state index in [2.05, 4.69) is 6.92 Å². The van der Waals surface area contributed by atoms with Gasteiger partial charge in [0, 0.05) is 6.61 Å². The Hall–Kier alpha value is -0.650. The topological polar surface area (TPSA) is 65.0 Å². The lowest BCUT2D eigenvalue weighted by atomic mass is 10.1. The molecule has 0 spiro atoms. The van der Waals surface area contributed by atoms with Crippen LogP contribution in [0.4, 0.5) is 0 Å². The summed E-state index contributed by atoms with van der Waals surface area (Å²) in [7, 11) is 0. The molecule has 0 aromatic heterocycles. The molecule has 2 aliphatic heterocycles. The van der Waals surface area contributed by atoms with Crippen molar-refractivity contribution < 1.29 is 24.1 Å². The molecule has 2 rings (SSSR count). The Bertz CT molecular complexity index is 320. The molecule has 0 aromatic rings. The number of aliphatic hydroxyl groups is 1. The van der Waals surface area contributed by atoms with Gasteiger partial charge in [0.25, 0.3) is 0 Å². The van der Waals surface area contributed by atoms with Crippen molar-refractivity contribution in [1.82, 2.24) is 0 Å². The molecule has 0 amide bonds. The molecule has 122 valence electrons. The molecule has 5 heteroatoms. The number of hydrogen-bond acceptors (Lipinski definition) is 5. The zero-order valence-electron chi connectivity index (χ0n) is 13.0. The molecule has 0 unspecified atom stereocenters. The van der Waals surface area contributed by atoms with Crippen LogP contribution in [-0.2, 0) is 19.0 Å². The van der Waals surface area contributed by atoms with Crippen molar-refractivity contribution >= 4 is 5.97 Å². The Balaban J connectivity index is 1.48. The summed E-state index contributed by atoms with van der Waals surface area (Å²) in [5.74, 6) is -0.286. The van der Waals surface area contributed by atoms with E-state index in [1.165, 1.54) is 38.5 Å². The van der Waals surface area contributed by atoms with Crippen molar-refractivity contribution in [3.05, 3.63) is 0 Å². The third kappa shape index (κ3) is 4.94. The van der Waals surface area contributed by atoms with Crippen molar-refractivity contribution in [2.45, 2.75) is 82.7 Å². The molecule has 0 saturated carbocycles. The summed E-state index contributed by atoms with van der Waals surface area (Å²) < 4.78 is 16.3. The molecule has 0 aliphatic carbocycles. The molecular formula is C16H28O5. The molecule has 4 atom stereocenters. The van der Waals surface area contributed by atoms with Gasteiger partial charge in [0.05, 0.1) is 13.0 Å². The first-order valence-corrected chi connectivity index (χ1v) is 8.33. The average molecular weight is 300 g/mol. The van der Waals surface area contributed by atoms with E-state index in [1.807, 2.05) is 0 Å². The molecular weight excluding hydrogens is 272 g/mol. The monoisotopic (exact) mass is 300 g/mol. The Morgan fingerprint density at radius 1 is 1.19 bits per heavy atom. The molecule has 2 saturated heterocycles. The maximum Gasteiger partial charge on any atom is 0.309 e. The highest BCUT2D eigenvalue weighted by molar-refractivity contribution is 5.72. The van der Waals surface area contributed by atoms with Crippen LogP contribution in [0.3, 0.4) is 0 Å². The van der Waals surface area contributed by atoms with Crippen molar-refractivity contribution in [2.75, 3.05) is 13.2 Å². The van der Waals surface area contributed by atoms with E-state index in [4.69, 9.17) is 14.2 Å². The summed E-state index contributed by atoms with van der Waals surface area (Å²) in [5.41, 5.74) is 0. The minimum atomic E-state index is -0.754. The van der Waals surface area contributed by atoms with Crippen LogP contribution in [0.2, 0.25) is 0 Å². The second kappa shape index (κ2) is 8.71. The summed E-state index contributed by atoms with van der Waals surface area (Å²) >= 11 is 0. The Morgan fingerprint density at radius 3 is 2.62 bits per heavy atom. The van der Waals surface area contributed by atoms with Gasteiger partial charge in [-0.1, -0.05) is 45.4 Å². The van der Waals surface area contributed by atoms with E-state index in [0.717, 1.165) is 6.42 Å². The van der Waals surface area contributed by atoms with E-state index < -0.39 is 12.2 Å². The lowest BCUT2D eigenvalue weighted by Crippen LogP contribution is -2.34. The van der Waals surface area contributed by atoms with Crippen LogP contribution in [0.1, 0.15) is 58.3 Å². The summed E-state index contributed by atoms with van der Waals surface area (Å²) in [6.07, 6.45) is 7.12. The quantitative estimate of drug-likeness (QED) is 0.495. The first kappa shape index (κ1) is 16.7. The molecule has 0 radical (unpaired) electrons. The predicted molar refractivity (Wildman–Crippen MR) is 78.0 cm³/mol. The van der Waals surface area contributed by atoms with Gasteiger partial charge in [-0.15, -0.1) is 0 Å². The molecule has 0 bridgehead atoms. The largest absolute Gasteiger partial charge is 0.457 e. The second-order valence-corrected chi connectivity index (χ2v) is 6.06. The summed E-state index contributed by atoms with van der Waals surface area (Å²) in [5, 5.41) is 10.0. The van der Waals surface area contributed by atoms with Crippen molar-refractivity contribution in [3.63, 3.8) is 0 Å². The van der Waals surface area contributed by atoms with Crippen LogP contribution in [0.25, 0.3) is 0 Å². The lowest BCUT2D eigenvalue weighted by molar-refractivity contribution is -0.146. The van der Waals surface area contributed by atoms with Gasteiger partial charge in [-0.2, -0.15) is 0 Å². The number of rotatable bonds is 10. The Labute approximate surface area is 126 Å². The minimum absolute atomic E-state index is 0.246. The molecule has 2 fully saturated rings. The highest BCUT2D eigenvalue weighted by atomic mass is 16.6. The van der Waals surface area contributed by atoms with Gasteiger partial charge in [0.1, 0.15) is 18.3 Å². The van der Waals surface area contributed by atoms with E-state index >= 15 is 0 Å². The fourth-order valence-corrected chi connectivity index (χ4v) is 2.99. The van der Waals surface area contributed by atoms with Gasteiger partial charge in [-0.05, 0) is 6.42 Å². The summed E-state index contributed by atoms with van der Waals surface area (Å²) in [6.45, 7) is 3.31. The third-order valence-electron chi connectivity index (χ3n) is 4.24. The van der Waals surface area contributed by atoms with E-state index in [1.54, 1.807) is 0 Å². The molecule has 21 heavy (non-hydrogen) atoms. The van der Waals surface area contributed by atoms with Crippen molar-refractivity contribution in [1.29, 1.82) is 0 Å². The maximum absolute atomic E-state index is 11.1. The van der Waals surface area contributed by atoms with Gasteiger partial charge in [-0.25, -0.2) is 0 Å². The third-order valence-corrected chi connectivity index (χ3v) is 4.24. The van der Waals surface area contributed by atoms with Gasteiger partial charge in [0.15, 0.2) is 6.10 Å². The number of ether oxygens (including phenoxy) is 3. The van der Waals surface area contributed by atoms with Crippen LogP contribution >= 0.6 is 0 Å². The SMILES string of the molecule is CCCCCCCCCOC[C@@H]1O[C@H]2CC(=O)O[C@H]2[C@@H]1O. The normalized spacial score (nSPS) is 31.4. The predicted octanol–water partition coefficient (Wildman–Crippen LogP) is 2.20. The zero-order chi connectivity index (χ0) is 15.1. The van der Waals surface area contributed by atoms with Crippen LogP contribution in [-0.4, -0.2) is 48.7 Å². The fraction of sp³-hybridized carbons (Fsp3) is 0.938. The van der Waals surface area contributed by atoms with Gasteiger partial charge >= 0.3 is 5.97 Å². The second-order valence-electron chi connectivity index (χ2n) is 6.06. The van der Waals surface area contributed by atoms with Gasteiger partial charge in [-0.3, -0.25) is 4.79 Å². The Kier molecular flexibility index (Phi) is 6.93. The Morgan fingerprint density at radius 2 is 1.90 bits per heavy atom. The number of carbonyl (C=O) groups excluding carboxylic acids is 1. The number of carbonyl (C=O) groups is 1. The number of hydrogen-bond donors (Lipinski definition) is 1. The molecule has 5 nitrogen and oxygen atoms in total. The fourth-order valence-electron chi connectivity index (χ4n) is 2.99. The smallest absolute Gasteiger partial charge is 0.309 e. The molecule has 2 aliphatic rings. The molecule has 1 N–H and O–H groups in total. The van der Waals surface area contributed by atoms with E-state index in [9.17, 15) is 9.90 Å². The van der Waals surface area contributed by atoms with Crippen LogP contribution < -0.4 is 0 Å². The van der Waals surface area contributed by atoms with Crippen molar-refractivity contribution in [2.24, 2.45) is 0 Å². The highest BCUT2D eigenvalue weighted by Crippen LogP contribution is 2.31. The van der Waals surface area contributed by atoms with E-state index in [-0.39, 0.29) is 24.6 Å². The first-order chi connectivity index (χ1) is 10.2. The number of aliphatic hydroxyl groups excluding tert-OH is 1.